The van der Waals surface area contributed by atoms with E-state index in [1.165, 1.54) is 12.1 Å². The molecular formula is C20H18BrN3O2S2. The van der Waals surface area contributed by atoms with Crippen molar-refractivity contribution in [1.82, 2.24) is 0 Å². The van der Waals surface area contributed by atoms with Crippen LogP contribution in [0.2, 0.25) is 0 Å². The number of nitrogens with one attached hydrogen (secondary N) is 3. The number of hydrogen-bond acceptors (Lipinski definition) is 3. The number of para-hydroxylation sites is 1. The van der Waals surface area contributed by atoms with E-state index in [0.717, 1.165) is 15.7 Å². The van der Waals surface area contributed by atoms with Crippen molar-refractivity contribution in [3.63, 3.8) is 0 Å². The summed E-state index contributed by atoms with van der Waals surface area (Å²) in [5.74, 6) is 0. The van der Waals surface area contributed by atoms with Crippen LogP contribution in [-0.4, -0.2) is 13.5 Å². The first-order chi connectivity index (χ1) is 13.3. The van der Waals surface area contributed by atoms with Crippen LogP contribution < -0.4 is 15.4 Å². The minimum Gasteiger partial charge on any atom is -0.332 e. The topological polar surface area (TPSA) is 70.2 Å². The largest absolute Gasteiger partial charge is 0.332 e. The van der Waals surface area contributed by atoms with Crippen LogP contribution in [0.4, 0.5) is 17.1 Å². The van der Waals surface area contributed by atoms with Crippen molar-refractivity contribution in [3.8, 4) is 0 Å². The molecule has 0 fully saturated rings. The Kier molecular flexibility index (Phi) is 6.33. The van der Waals surface area contributed by atoms with Gasteiger partial charge in [-0.05, 0) is 79.3 Å². The Hall–Kier alpha value is -2.42. The number of halogens is 1. The van der Waals surface area contributed by atoms with E-state index in [-0.39, 0.29) is 4.90 Å². The highest BCUT2D eigenvalue weighted by Crippen LogP contribution is 2.21. The summed E-state index contributed by atoms with van der Waals surface area (Å²) in [5.41, 5.74) is 2.95. The smallest absolute Gasteiger partial charge is 0.261 e. The normalized spacial score (nSPS) is 10.9. The molecule has 0 aromatic heterocycles. The highest BCUT2D eigenvalue weighted by molar-refractivity contribution is 9.10. The highest BCUT2D eigenvalue weighted by atomic mass is 79.9. The van der Waals surface area contributed by atoms with Crippen LogP contribution in [0.3, 0.4) is 0 Å². The molecular weight excluding hydrogens is 458 g/mol. The van der Waals surface area contributed by atoms with Gasteiger partial charge in [-0.1, -0.05) is 34.1 Å². The summed E-state index contributed by atoms with van der Waals surface area (Å²) < 4.78 is 28.8. The fourth-order valence-electron chi connectivity index (χ4n) is 2.44. The van der Waals surface area contributed by atoms with Crippen LogP contribution in [0.15, 0.2) is 82.2 Å². The molecule has 3 aromatic rings. The van der Waals surface area contributed by atoms with Gasteiger partial charge in [0.2, 0.25) is 0 Å². The molecule has 144 valence electrons. The first-order valence-corrected chi connectivity index (χ1v) is 11.0. The lowest BCUT2D eigenvalue weighted by atomic mass is 10.2. The van der Waals surface area contributed by atoms with Gasteiger partial charge in [0, 0.05) is 15.8 Å². The second kappa shape index (κ2) is 8.72. The fraction of sp³-hybridized carbons (Fsp3) is 0.0500. The van der Waals surface area contributed by atoms with Gasteiger partial charge in [-0.15, -0.1) is 0 Å². The summed E-state index contributed by atoms with van der Waals surface area (Å²) in [6.07, 6.45) is 0. The number of aryl methyl sites for hydroxylation is 1. The molecule has 0 saturated heterocycles. The lowest BCUT2D eigenvalue weighted by molar-refractivity contribution is 0.601. The lowest BCUT2D eigenvalue weighted by Gasteiger charge is -2.12. The van der Waals surface area contributed by atoms with Gasteiger partial charge in [-0.3, -0.25) is 4.72 Å². The zero-order chi connectivity index (χ0) is 20.1. The molecule has 0 amide bonds. The summed E-state index contributed by atoms with van der Waals surface area (Å²) in [7, 11) is -3.66. The Balaban J connectivity index is 1.66. The maximum Gasteiger partial charge on any atom is 0.261 e. The molecule has 28 heavy (non-hydrogen) atoms. The maximum atomic E-state index is 12.6. The Morgan fingerprint density at radius 3 is 1.96 bits per heavy atom. The molecule has 0 heterocycles. The van der Waals surface area contributed by atoms with Gasteiger partial charge in [-0.2, -0.15) is 0 Å². The number of rotatable bonds is 5. The van der Waals surface area contributed by atoms with Gasteiger partial charge in [-0.25, -0.2) is 8.42 Å². The second-order valence-corrected chi connectivity index (χ2v) is 9.04. The maximum absolute atomic E-state index is 12.6. The minimum absolute atomic E-state index is 0.174. The lowest BCUT2D eigenvalue weighted by Crippen LogP contribution is -2.19. The van der Waals surface area contributed by atoms with E-state index in [4.69, 9.17) is 12.2 Å². The fourth-order valence-corrected chi connectivity index (χ4v) is 4.07. The zero-order valence-electron chi connectivity index (χ0n) is 14.9. The summed E-state index contributed by atoms with van der Waals surface area (Å²) in [6, 6.07) is 21.2. The molecule has 0 atom stereocenters. The second-order valence-electron chi connectivity index (χ2n) is 6.03. The Bertz CT molecular complexity index is 1080. The Morgan fingerprint density at radius 2 is 1.39 bits per heavy atom. The molecule has 0 aliphatic carbocycles. The van der Waals surface area contributed by atoms with Gasteiger partial charge in [0.05, 0.1) is 10.6 Å². The van der Waals surface area contributed by atoms with Crippen molar-refractivity contribution in [2.24, 2.45) is 0 Å². The zero-order valence-corrected chi connectivity index (χ0v) is 18.2. The number of benzene rings is 3. The van der Waals surface area contributed by atoms with Crippen LogP contribution in [0.1, 0.15) is 5.56 Å². The monoisotopic (exact) mass is 475 g/mol. The van der Waals surface area contributed by atoms with Crippen molar-refractivity contribution in [1.29, 1.82) is 0 Å². The van der Waals surface area contributed by atoms with Gasteiger partial charge < -0.3 is 10.6 Å². The van der Waals surface area contributed by atoms with E-state index in [1.54, 1.807) is 24.3 Å². The summed E-state index contributed by atoms with van der Waals surface area (Å²) >= 11 is 8.68. The Labute approximate surface area is 178 Å². The van der Waals surface area contributed by atoms with Crippen LogP contribution in [0.5, 0.6) is 0 Å². The molecule has 0 aliphatic rings. The van der Waals surface area contributed by atoms with E-state index in [9.17, 15) is 8.42 Å². The van der Waals surface area contributed by atoms with Crippen molar-refractivity contribution in [2.45, 2.75) is 11.8 Å². The van der Waals surface area contributed by atoms with Crippen LogP contribution in [-0.2, 0) is 10.0 Å². The molecule has 0 saturated carbocycles. The molecule has 5 nitrogen and oxygen atoms in total. The standard InChI is InChI=1S/C20H18BrN3O2S2/c1-14-4-2-3-5-19(14)24-28(25,26)18-12-10-17(11-13-18)23-20(27)22-16-8-6-15(21)7-9-16/h2-13,24H,1H3,(H2,22,23,27). The van der Waals surface area contributed by atoms with Crippen LogP contribution in [0.25, 0.3) is 0 Å². The average molecular weight is 476 g/mol. The van der Waals surface area contributed by atoms with Gasteiger partial charge in [0.15, 0.2) is 5.11 Å². The average Bonchev–Trinajstić information content (AvgIpc) is 2.66. The van der Waals surface area contributed by atoms with E-state index >= 15 is 0 Å². The first-order valence-electron chi connectivity index (χ1n) is 8.35. The van der Waals surface area contributed by atoms with Crippen molar-refractivity contribution in [2.75, 3.05) is 15.4 Å². The molecule has 0 spiro atoms. The number of sulfonamides is 1. The molecule has 3 N–H and O–H groups in total. The molecule has 0 aliphatic heterocycles. The minimum atomic E-state index is -3.66. The van der Waals surface area contributed by atoms with Crippen molar-refractivity contribution in [3.05, 3.63) is 82.8 Å². The number of anilines is 3. The van der Waals surface area contributed by atoms with E-state index in [2.05, 4.69) is 31.3 Å². The predicted octanol–water partition coefficient (Wildman–Crippen LogP) is 5.37. The van der Waals surface area contributed by atoms with E-state index in [1.807, 2.05) is 43.3 Å². The molecule has 0 bridgehead atoms. The van der Waals surface area contributed by atoms with Gasteiger partial charge in [0.25, 0.3) is 10.0 Å². The van der Waals surface area contributed by atoms with Crippen LogP contribution in [0, 0.1) is 6.92 Å². The third-order valence-electron chi connectivity index (χ3n) is 3.91. The highest BCUT2D eigenvalue weighted by Gasteiger charge is 2.15. The van der Waals surface area contributed by atoms with Crippen molar-refractivity contribution >= 4 is 60.3 Å². The summed E-state index contributed by atoms with van der Waals surface area (Å²) in [5, 5.41) is 6.52. The third kappa shape index (κ3) is 5.31. The summed E-state index contributed by atoms with van der Waals surface area (Å²) in [4.78, 5) is 0.174. The van der Waals surface area contributed by atoms with Gasteiger partial charge >= 0.3 is 0 Å². The predicted molar refractivity (Wildman–Crippen MR) is 122 cm³/mol. The van der Waals surface area contributed by atoms with E-state index < -0.39 is 10.0 Å². The molecule has 0 radical (unpaired) electrons. The van der Waals surface area contributed by atoms with Crippen LogP contribution >= 0.6 is 28.1 Å². The molecule has 0 unspecified atom stereocenters. The van der Waals surface area contributed by atoms with Crippen molar-refractivity contribution < 1.29 is 8.42 Å². The Morgan fingerprint density at radius 1 is 0.857 bits per heavy atom. The van der Waals surface area contributed by atoms with Gasteiger partial charge in [0.1, 0.15) is 0 Å². The number of thiocarbonyl (C=S) groups is 1. The molecule has 3 aromatic carbocycles. The quantitative estimate of drug-likeness (QED) is 0.432. The SMILES string of the molecule is Cc1ccccc1NS(=O)(=O)c1ccc(NC(=S)Nc2ccc(Br)cc2)cc1. The first kappa shape index (κ1) is 20.3. The summed E-state index contributed by atoms with van der Waals surface area (Å²) in [6.45, 7) is 1.85. The van der Waals surface area contributed by atoms with E-state index in [0.29, 0.717) is 16.5 Å². The third-order valence-corrected chi connectivity index (χ3v) is 6.03. The number of hydrogen-bond donors (Lipinski definition) is 3. The molecule has 8 heteroatoms. The molecule has 3 rings (SSSR count).